The molecule has 0 saturated heterocycles. The van der Waals surface area contributed by atoms with Crippen LogP contribution in [0.15, 0.2) is 72.8 Å². The number of aliphatic hydroxyl groups excluding tert-OH is 10. The quantitative estimate of drug-likeness (QED) is 0.0535. The number of phenols is 6. The first-order chi connectivity index (χ1) is 34.7. The number of benzene rings is 6. The Morgan fingerprint density at radius 3 is 1.00 bits per heavy atom. The fraction of sp³-hybridized carbons (Fsp3) is 0.357. The normalized spacial score (nSPS) is 11.0. The van der Waals surface area contributed by atoms with Crippen LogP contribution in [-0.4, -0.2) is 81.7 Å². The number of rotatable bonds is 15. The molecular weight excluding hydrogens is 948 g/mol. The minimum atomic E-state index is -0.582. The summed E-state index contributed by atoms with van der Waals surface area (Å²) in [6, 6.07) is 19.4. The summed E-state index contributed by atoms with van der Waals surface area (Å²) in [7, 11) is 0. The summed E-state index contributed by atoms with van der Waals surface area (Å²) in [5.74, 6) is -0.114. The highest BCUT2D eigenvalue weighted by Gasteiger charge is 2.15. The highest BCUT2D eigenvalue weighted by molar-refractivity contribution is 5.51. The Hall–Kier alpha value is -6.35. The predicted molar refractivity (Wildman–Crippen MR) is 273 cm³/mol. The molecule has 16 nitrogen and oxygen atoms in total. The van der Waals surface area contributed by atoms with Gasteiger partial charge in [0.15, 0.2) is 0 Å². The Morgan fingerprint density at radius 2 is 0.644 bits per heavy atom. The first kappa shape index (κ1) is 62.8. The van der Waals surface area contributed by atoms with Gasteiger partial charge in [-0.05, 0) is 121 Å². The van der Waals surface area contributed by atoms with Crippen molar-refractivity contribution in [3.8, 4) is 34.5 Å². The molecule has 6 aromatic carbocycles. The van der Waals surface area contributed by atoms with E-state index in [9.17, 15) is 45.2 Å². The zero-order valence-corrected chi connectivity index (χ0v) is 42.2. The molecule has 16 N–H and O–H groups in total. The molecule has 6 aromatic rings. The second-order valence-corrected chi connectivity index (χ2v) is 17.2. The minimum Gasteiger partial charge on any atom is -0.507 e. The van der Waals surface area contributed by atoms with Gasteiger partial charge < -0.3 is 81.7 Å². The Labute approximate surface area is 425 Å². The molecule has 0 aromatic heterocycles. The topological polar surface area (TPSA) is 324 Å². The number of aromatic hydroxyl groups is 6. The minimum absolute atomic E-state index is 0.00653. The molecule has 0 aliphatic heterocycles. The summed E-state index contributed by atoms with van der Waals surface area (Å²) in [6.07, 6.45) is 2.01. The van der Waals surface area contributed by atoms with Crippen LogP contribution in [0.2, 0.25) is 0 Å². The van der Waals surface area contributed by atoms with Crippen LogP contribution in [0.3, 0.4) is 0 Å². The third-order valence-electron chi connectivity index (χ3n) is 11.8. The average molecular weight is 1020 g/mol. The van der Waals surface area contributed by atoms with Crippen molar-refractivity contribution in [3.05, 3.63) is 173 Å². The van der Waals surface area contributed by atoms with E-state index in [1.165, 1.54) is 0 Å². The molecule has 400 valence electrons. The van der Waals surface area contributed by atoms with E-state index in [0.717, 1.165) is 46.4 Å². The molecule has 73 heavy (non-hydrogen) atoms. The van der Waals surface area contributed by atoms with Crippen molar-refractivity contribution in [1.29, 1.82) is 0 Å². The molecule has 6 rings (SSSR count). The van der Waals surface area contributed by atoms with Crippen molar-refractivity contribution in [1.82, 2.24) is 0 Å². The lowest BCUT2D eigenvalue weighted by molar-refractivity contribution is 0.262. The van der Waals surface area contributed by atoms with Gasteiger partial charge in [0.1, 0.15) is 40.3 Å². The van der Waals surface area contributed by atoms with Crippen molar-refractivity contribution >= 4 is 0 Å². The molecule has 1 atom stereocenters. The van der Waals surface area contributed by atoms with Crippen LogP contribution in [0.4, 0.5) is 4.39 Å². The molecule has 1 unspecified atom stereocenters. The van der Waals surface area contributed by atoms with Gasteiger partial charge >= 0.3 is 0 Å². The molecule has 0 saturated carbocycles. The fourth-order valence-electron chi connectivity index (χ4n) is 7.55. The van der Waals surface area contributed by atoms with Gasteiger partial charge in [0.2, 0.25) is 0 Å². The lowest BCUT2D eigenvalue weighted by Gasteiger charge is -2.14. The highest BCUT2D eigenvalue weighted by atomic mass is 19.1. The van der Waals surface area contributed by atoms with Crippen molar-refractivity contribution in [2.24, 2.45) is 0 Å². The second-order valence-electron chi connectivity index (χ2n) is 17.2. The Balaban J connectivity index is 0.000000319. The maximum atomic E-state index is 12.6. The molecule has 0 aliphatic rings. The van der Waals surface area contributed by atoms with Crippen molar-refractivity contribution in [2.75, 3.05) is 0 Å². The van der Waals surface area contributed by atoms with Gasteiger partial charge in [-0.25, -0.2) is 4.39 Å². The van der Waals surface area contributed by atoms with Crippen LogP contribution in [-0.2, 0) is 78.9 Å². The summed E-state index contributed by atoms with van der Waals surface area (Å²) < 4.78 is 12.6. The van der Waals surface area contributed by atoms with Crippen LogP contribution < -0.4 is 0 Å². The van der Waals surface area contributed by atoms with E-state index in [1.54, 1.807) is 55.5 Å². The first-order valence-electron chi connectivity index (χ1n) is 23.4. The summed E-state index contributed by atoms with van der Waals surface area (Å²) in [5, 5.41) is 148. The Bertz CT molecular complexity index is 2550. The number of aliphatic hydroxyl groups is 10. The van der Waals surface area contributed by atoms with E-state index in [1.807, 2.05) is 32.9 Å². The average Bonchev–Trinajstić information content (AvgIpc) is 3.39. The third-order valence-corrected chi connectivity index (χ3v) is 11.8. The zero-order valence-electron chi connectivity index (χ0n) is 42.2. The van der Waals surface area contributed by atoms with E-state index >= 15 is 0 Å². The van der Waals surface area contributed by atoms with Crippen LogP contribution in [0.5, 0.6) is 34.5 Å². The summed E-state index contributed by atoms with van der Waals surface area (Å²) in [6.45, 7) is 9.24. The number of hydrogen-bond donors (Lipinski definition) is 16. The molecule has 0 spiro atoms. The van der Waals surface area contributed by atoms with Gasteiger partial charge in [0.25, 0.3) is 0 Å². The Kier molecular flexibility index (Phi) is 26.9. The highest BCUT2D eigenvalue weighted by Crippen LogP contribution is 2.33. The van der Waals surface area contributed by atoms with Gasteiger partial charge in [-0.2, -0.15) is 0 Å². The molecule has 0 amide bonds. The molecule has 0 fully saturated rings. The summed E-state index contributed by atoms with van der Waals surface area (Å²) >= 11 is 0. The monoisotopic (exact) mass is 1020 g/mol. The summed E-state index contributed by atoms with van der Waals surface area (Å²) in [5.41, 5.74) is 10.1. The van der Waals surface area contributed by atoms with Crippen LogP contribution >= 0.6 is 0 Å². The van der Waals surface area contributed by atoms with Crippen molar-refractivity contribution in [2.45, 2.75) is 133 Å². The number of aryl methyl sites for hydroxylation is 4. The van der Waals surface area contributed by atoms with Gasteiger partial charge in [-0.1, -0.05) is 62.2 Å². The fourth-order valence-corrected chi connectivity index (χ4v) is 7.55. The van der Waals surface area contributed by atoms with Gasteiger partial charge in [0.05, 0.1) is 66.1 Å². The SMILES string of the molecule is CCC(C)c1cc(CO)c(O)c(CO)c1.CCc1cc(CO)cc(CO)c1O.Cc1cc(CO)c(O)c(Cc2cc(C)cc(CO)c2O)c1.Cc1cc(CO)cc(CO)c1O.OCc1cc(F)cc(CO)c1O. The van der Waals surface area contributed by atoms with Crippen molar-refractivity contribution < 1.29 is 86.1 Å². The van der Waals surface area contributed by atoms with Gasteiger partial charge in [-0.15, -0.1) is 0 Å². The second kappa shape index (κ2) is 31.3. The molecule has 0 heterocycles. The van der Waals surface area contributed by atoms with Gasteiger partial charge in [0, 0.05) is 50.9 Å². The van der Waals surface area contributed by atoms with E-state index in [2.05, 4.69) is 13.8 Å². The predicted octanol–water partition coefficient (Wildman–Crippen LogP) is 6.32. The lowest BCUT2D eigenvalue weighted by Crippen LogP contribution is -1.98. The van der Waals surface area contributed by atoms with E-state index in [4.69, 9.17) is 40.9 Å². The van der Waals surface area contributed by atoms with E-state index in [0.29, 0.717) is 74.4 Å². The third kappa shape index (κ3) is 18.0. The van der Waals surface area contributed by atoms with Crippen LogP contribution in [0.25, 0.3) is 0 Å². The summed E-state index contributed by atoms with van der Waals surface area (Å²) in [4.78, 5) is 0. The molecular formula is C56H73FO16. The van der Waals surface area contributed by atoms with E-state index < -0.39 is 19.0 Å². The largest absolute Gasteiger partial charge is 0.507 e. The standard InChI is InChI=1S/C17H20O4.C12H18O3.C10H14O3.C9H12O3.C8H9FO3/c1-10-3-12(16(20)14(5-10)8-18)7-13-4-11(2)6-15(9-19)17(13)21;1-3-8(2)9-4-10(6-13)12(15)11(5-9)7-14;1-2-8-3-7(5-11)4-9(6-12)10(8)13;1-6-2-7(4-10)3-8(5-11)9(6)12;9-7-1-5(3-10)8(12)6(2-7)4-11/h3-6,18-21H,7-9H2,1-2H3;4-5,8,13-15H,3,6-7H2,1-2H3;3-4,11-13H,2,5-6H2,1H3;2-3,10-12H,4-5H2,1H3;1-2,10-12H,3-4H2. The molecule has 0 bridgehead atoms. The zero-order chi connectivity index (χ0) is 55.1. The van der Waals surface area contributed by atoms with Gasteiger partial charge in [-0.3, -0.25) is 0 Å². The Morgan fingerprint density at radius 1 is 0.356 bits per heavy atom. The maximum Gasteiger partial charge on any atom is 0.126 e. The molecule has 0 aliphatic carbocycles. The molecule has 17 heteroatoms. The van der Waals surface area contributed by atoms with Crippen LogP contribution in [0.1, 0.15) is 128 Å². The first-order valence-corrected chi connectivity index (χ1v) is 23.4. The molecule has 0 radical (unpaired) electrons. The smallest absolute Gasteiger partial charge is 0.126 e. The maximum absolute atomic E-state index is 12.6. The lowest BCUT2D eigenvalue weighted by atomic mass is 9.94. The van der Waals surface area contributed by atoms with E-state index in [-0.39, 0.29) is 98.5 Å². The van der Waals surface area contributed by atoms with Crippen LogP contribution in [0, 0.1) is 26.6 Å². The number of halogens is 1. The number of hydrogen-bond acceptors (Lipinski definition) is 16. The van der Waals surface area contributed by atoms with Crippen molar-refractivity contribution in [3.63, 3.8) is 0 Å².